The zero-order chi connectivity index (χ0) is 28.6. The monoisotopic (exact) mass is 596 g/mol. The Bertz CT molecular complexity index is 651. The Morgan fingerprint density at radius 3 is 1.87 bits per heavy atom. The van der Waals surface area contributed by atoms with Crippen LogP contribution in [-0.4, -0.2) is 84.0 Å². The Balaban J connectivity index is -0.0000000907. The minimum Gasteiger partial charge on any atom is -0.464 e. The van der Waals surface area contributed by atoms with E-state index in [-0.39, 0.29) is 61.4 Å². The third kappa shape index (κ3) is 38.7. The summed E-state index contributed by atoms with van der Waals surface area (Å²) in [7, 11) is 3.19. The van der Waals surface area contributed by atoms with Crippen LogP contribution in [-0.2, 0) is 60.7 Å². The van der Waals surface area contributed by atoms with Gasteiger partial charge in [0.25, 0.3) is 5.91 Å². The van der Waals surface area contributed by atoms with E-state index >= 15 is 0 Å². The smallest absolute Gasteiger partial charge is 0.343 e. The molecule has 0 aliphatic carbocycles. The fourth-order valence-corrected chi connectivity index (χ4v) is 1.70. The number of carbonyl (C=O) groups is 2. The Labute approximate surface area is 237 Å². The summed E-state index contributed by atoms with van der Waals surface area (Å²) < 4.78 is 20.8. The van der Waals surface area contributed by atoms with E-state index in [1.54, 1.807) is 28.0 Å². The summed E-state index contributed by atoms with van der Waals surface area (Å²) in [5, 5.41) is 13.6. The van der Waals surface area contributed by atoms with Crippen molar-refractivity contribution >= 4 is 11.9 Å². The van der Waals surface area contributed by atoms with Crippen molar-refractivity contribution in [3.63, 3.8) is 0 Å². The number of aromatic amines is 1. The molecule has 16 nitrogen and oxygen atoms in total. The van der Waals surface area contributed by atoms with Crippen LogP contribution in [0, 0.1) is 0 Å². The summed E-state index contributed by atoms with van der Waals surface area (Å²) in [4.78, 5) is 31.8. The van der Waals surface area contributed by atoms with Crippen molar-refractivity contribution in [2.75, 3.05) is 46.8 Å². The maximum atomic E-state index is 10.7. The fourth-order valence-electron chi connectivity index (χ4n) is 1.70. The van der Waals surface area contributed by atoms with Crippen molar-refractivity contribution in [2.24, 2.45) is 24.6 Å². The number of esters is 1. The van der Waals surface area contributed by atoms with Gasteiger partial charge in [0.2, 0.25) is 0 Å². The van der Waals surface area contributed by atoms with Gasteiger partial charge in [-0.25, -0.2) is 20.5 Å². The van der Waals surface area contributed by atoms with Gasteiger partial charge in [0.05, 0.1) is 6.61 Å². The number of nitrogens with two attached hydrogens (primary N) is 3. The number of aliphatic hydroxyl groups is 1. The summed E-state index contributed by atoms with van der Waals surface area (Å²) >= 11 is 0. The number of methoxy groups -OCH3 is 1. The first kappa shape index (κ1) is 49.1. The maximum absolute atomic E-state index is 10.7. The molecule has 1 radical (unpaired) electrons. The Kier molecular flexibility index (Phi) is 54.6. The first-order valence-corrected chi connectivity index (χ1v) is 11.6. The predicted octanol–water partition coefficient (Wildman–Crippen LogP) is -1.60. The number of unbranched alkanes of at least 4 members (excludes halogenated alkanes) is 2. The number of nitrogens with zero attached hydrogens (tertiary/aromatic N) is 2. The molecule has 0 spiro atoms. The maximum Gasteiger partial charge on any atom is 0.343 e. The van der Waals surface area contributed by atoms with Crippen LogP contribution in [0.25, 0.3) is 0 Å². The molecule has 0 bridgehead atoms. The van der Waals surface area contributed by atoms with E-state index in [0.29, 0.717) is 32.3 Å². The molecule has 1 heterocycles. The van der Waals surface area contributed by atoms with Crippen LogP contribution in [0.5, 0.6) is 0 Å². The number of carbonyl (C=O) groups excluding carboxylic acids is 2. The van der Waals surface area contributed by atoms with E-state index in [1.165, 1.54) is 4.57 Å². The number of hydrazine groups is 2. The molecule has 229 valence electrons. The third-order valence-electron chi connectivity index (χ3n) is 3.45. The Morgan fingerprint density at radius 2 is 1.53 bits per heavy atom. The fraction of sp³-hybridized carbons (Fsp3) is 0.810. The molecule has 1 amide bonds. The number of aromatic nitrogens is 3. The van der Waals surface area contributed by atoms with E-state index in [1.807, 2.05) is 5.43 Å². The molecule has 38 heavy (non-hydrogen) atoms. The summed E-state index contributed by atoms with van der Waals surface area (Å²) in [6, 6.07) is 0. The number of H-pyrrole nitrogens is 1. The normalized spacial score (nSPS) is 8.58. The molecule has 0 aromatic carbocycles. The van der Waals surface area contributed by atoms with Gasteiger partial charge in [-0.1, -0.05) is 26.7 Å². The molecule has 0 atom stereocenters. The van der Waals surface area contributed by atoms with Crippen molar-refractivity contribution in [3.8, 4) is 0 Å². The van der Waals surface area contributed by atoms with E-state index in [9.17, 15) is 14.4 Å². The predicted molar refractivity (Wildman–Crippen MR) is 140 cm³/mol. The summed E-state index contributed by atoms with van der Waals surface area (Å²) in [5.74, 6) is 12.9. The van der Waals surface area contributed by atoms with Gasteiger partial charge in [-0.15, -0.1) is 0 Å². The molecular formula is C21H51N7O9V. The van der Waals surface area contributed by atoms with Gasteiger partial charge >= 0.3 is 11.7 Å². The van der Waals surface area contributed by atoms with Crippen molar-refractivity contribution in [3.05, 3.63) is 16.3 Å². The molecule has 0 unspecified atom stereocenters. The van der Waals surface area contributed by atoms with Crippen LogP contribution >= 0.6 is 0 Å². The molecule has 17 heteroatoms. The Hall–Kier alpha value is -1.86. The number of amides is 1. The van der Waals surface area contributed by atoms with Crippen LogP contribution in [0.3, 0.4) is 0 Å². The molecule has 0 saturated carbocycles. The quantitative estimate of drug-likeness (QED) is 0.0494. The molecule has 0 aliphatic heterocycles. The second-order valence-electron chi connectivity index (χ2n) is 6.44. The number of aliphatic hydroxyl groups excluding tert-OH is 1. The van der Waals surface area contributed by atoms with Crippen molar-refractivity contribution in [1.29, 1.82) is 0 Å². The number of nitrogens with one attached hydrogen (secondary N) is 2. The largest absolute Gasteiger partial charge is 0.464 e. The molecule has 0 fully saturated rings. The van der Waals surface area contributed by atoms with Gasteiger partial charge in [-0.3, -0.25) is 26.5 Å². The molecule has 1 aromatic rings. The van der Waals surface area contributed by atoms with Crippen molar-refractivity contribution < 1.29 is 57.7 Å². The zero-order valence-electron chi connectivity index (χ0n) is 23.7. The van der Waals surface area contributed by atoms with E-state index < -0.39 is 0 Å². The van der Waals surface area contributed by atoms with Gasteiger partial charge in [-0.05, 0) is 26.7 Å². The van der Waals surface area contributed by atoms with Gasteiger partial charge in [0, 0.05) is 52.5 Å². The van der Waals surface area contributed by atoms with Crippen LogP contribution in [0.1, 0.15) is 59.2 Å². The first-order chi connectivity index (χ1) is 17.3. The second-order valence-corrected chi connectivity index (χ2v) is 6.44. The average Bonchev–Trinajstić information content (AvgIpc) is 3.19. The van der Waals surface area contributed by atoms with Crippen LogP contribution in [0.4, 0.5) is 0 Å². The summed E-state index contributed by atoms with van der Waals surface area (Å²) in [6.45, 7) is 10.1. The van der Waals surface area contributed by atoms with Crippen LogP contribution < -0.4 is 28.6 Å². The SMILES string of the molecule is CCCCOCC(=O)NN.CCCCOCC(=O)OCC.CCO.COCc1n[nH]c(=O)n1C.NN.O.[V]. The minimum atomic E-state index is -0.281. The number of hydrogen-bond acceptors (Lipinski definition) is 12. The van der Waals surface area contributed by atoms with Crippen molar-refractivity contribution in [1.82, 2.24) is 20.2 Å². The molecular weight excluding hydrogens is 545 g/mol. The van der Waals surface area contributed by atoms with Crippen LogP contribution in [0.15, 0.2) is 4.79 Å². The van der Waals surface area contributed by atoms with E-state index in [0.717, 1.165) is 25.7 Å². The molecule has 1 rings (SSSR count). The number of ether oxygens (including phenoxy) is 4. The van der Waals surface area contributed by atoms with Gasteiger partial charge < -0.3 is 29.5 Å². The van der Waals surface area contributed by atoms with Gasteiger partial charge in [0.15, 0.2) is 5.82 Å². The standard InChI is InChI=1S/C8H16O3.C6H14N2O2.C5H9N3O2.C2H6O.H4N2.H2O.V/c1-3-5-6-10-7-8(9)11-4-2;1-2-3-4-10-5-6(9)8-7;1-8-4(3-10-2)6-7-5(8)9;1-2-3;1-2;;/h3-7H2,1-2H3;2-5,7H2,1H3,(H,8,9);3H2,1-2H3,(H,7,9);3H,2H2,1H3;1-2H2;1H2;. The zero-order valence-corrected chi connectivity index (χ0v) is 25.1. The number of hydrogen-bond donors (Lipinski definition) is 6. The van der Waals surface area contributed by atoms with Crippen molar-refractivity contribution in [2.45, 2.75) is 60.0 Å². The van der Waals surface area contributed by atoms with Gasteiger partial charge in [-0.2, -0.15) is 5.10 Å². The first-order valence-electron chi connectivity index (χ1n) is 11.6. The molecule has 0 aliphatic rings. The summed E-state index contributed by atoms with van der Waals surface area (Å²) in [5.41, 5.74) is 1.76. The van der Waals surface area contributed by atoms with Gasteiger partial charge in [0.1, 0.15) is 19.8 Å². The second kappa shape index (κ2) is 42.2. The summed E-state index contributed by atoms with van der Waals surface area (Å²) in [6.07, 6.45) is 4.14. The minimum absolute atomic E-state index is 0. The average molecular weight is 597 g/mol. The molecule has 1 aromatic heterocycles. The topological polar surface area (TPSA) is 264 Å². The van der Waals surface area contributed by atoms with E-state index in [4.69, 9.17) is 25.2 Å². The molecule has 0 saturated heterocycles. The third-order valence-corrected chi connectivity index (χ3v) is 3.45. The van der Waals surface area contributed by atoms with E-state index in [2.05, 4.69) is 40.5 Å². The Morgan fingerprint density at radius 1 is 1.05 bits per heavy atom. The molecule has 11 N–H and O–H groups in total. The van der Waals surface area contributed by atoms with Crippen LogP contribution in [0.2, 0.25) is 0 Å². The number of rotatable bonds is 13.